The molecule has 2 aliphatic rings. The molecule has 3 heterocycles. The molecule has 0 aliphatic carbocycles. The quantitative estimate of drug-likeness (QED) is 0.785. The minimum Gasteiger partial charge on any atom is -0.379 e. The lowest BCUT2D eigenvalue weighted by Crippen LogP contribution is -2.38. The summed E-state index contributed by atoms with van der Waals surface area (Å²) in [7, 11) is 0. The molecule has 3 rings (SSSR count). The van der Waals surface area contributed by atoms with Crippen LogP contribution in [0.5, 0.6) is 0 Å². The minimum atomic E-state index is -0.0851. The molecule has 2 aliphatic heterocycles. The van der Waals surface area contributed by atoms with E-state index in [1.807, 2.05) is 4.68 Å². The van der Waals surface area contributed by atoms with Crippen LogP contribution < -0.4 is 5.32 Å². The van der Waals surface area contributed by atoms with Crippen LogP contribution in [0.2, 0.25) is 0 Å². The number of rotatable bonds is 6. The standard InChI is InChI=1S/C17H28N4O3/c1-13(2)21-15-4-9-24-12-14(15)16(19-21)17(22)18-5-3-6-20-7-10-23-11-8-20/h13H,3-12H2,1-2H3,(H,18,22). The fourth-order valence-corrected chi connectivity index (χ4v) is 3.29. The molecule has 1 amide bonds. The third-order valence-corrected chi connectivity index (χ3v) is 4.59. The molecule has 1 saturated heterocycles. The average molecular weight is 336 g/mol. The number of carbonyl (C=O) groups excluding carboxylic acids is 1. The van der Waals surface area contributed by atoms with Crippen molar-refractivity contribution in [3.8, 4) is 0 Å². The third kappa shape index (κ3) is 3.96. The molecule has 0 bridgehead atoms. The van der Waals surface area contributed by atoms with Crippen LogP contribution in [-0.2, 0) is 22.5 Å². The lowest BCUT2D eigenvalue weighted by atomic mass is 10.1. The number of amides is 1. The second-order valence-electron chi connectivity index (χ2n) is 6.68. The highest BCUT2D eigenvalue weighted by Crippen LogP contribution is 2.23. The first-order chi connectivity index (χ1) is 11.7. The number of aromatic nitrogens is 2. The van der Waals surface area contributed by atoms with Crippen LogP contribution in [0.15, 0.2) is 0 Å². The number of hydrogen-bond donors (Lipinski definition) is 1. The van der Waals surface area contributed by atoms with Gasteiger partial charge in [-0.05, 0) is 26.8 Å². The molecule has 0 radical (unpaired) electrons. The van der Waals surface area contributed by atoms with E-state index in [1.54, 1.807) is 0 Å². The van der Waals surface area contributed by atoms with Gasteiger partial charge in [-0.1, -0.05) is 0 Å². The summed E-state index contributed by atoms with van der Waals surface area (Å²) in [5, 5.41) is 7.57. The van der Waals surface area contributed by atoms with Crippen LogP contribution in [0.3, 0.4) is 0 Å². The average Bonchev–Trinajstić information content (AvgIpc) is 2.99. The zero-order valence-corrected chi connectivity index (χ0v) is 14.7. The van der Waals surface area contributed by atoms with Crippen molar-refractivity contribution in [2.45, 2.75) is 39.3 Å². The smallest absolute Gasteiger partial charge is 0.272 e. The van der Waals surface area contributed by atoms with Crippen molar-refractivity contribution in [3.63, 3.8) is 0 Å². The number of morpholine rings is 1. The topological polar surface area (TPSA) is 68.6 Å². The molecule has 134 valence electrons. The summed E-state index contributed by atoms with van der Waals surface area (Å²) < 4.78 is 12.8. The van der Waals surface area contributed by atoms with Gasteiger partial charge >= 0.3 is 0 Å². The van der Waals surface area contributed by atoms with Crippen LogP contribution in [0.1, 0.15) is 48.1 Å². The first-order valence-corrected chi connectivity index (χ1v) is 8.93. The lowest BCUT2D eigenvalue weighted by molar-refractivity contribution is 0.0374. The number of ether oxygens (including phenoxy) is 2. The van der Waals surface area contributed by atoms with Gasteiger partial charge in [0.05, 0.1) is 26.4 Å². The Kier molecular flexibility index (Phi) is 5.86. The first-order valence-electron chi connectivity index (χ1n) is 8.93. The Bertz CT molecular complexity index is 564. The summed E-state index contributed by atoms with van der Waals surface area (Å²) in [5.41, 5.74) is 2.64. The number of carbonyl (C=O) groups is 1. The summed E-state index contributed by atoms with van der Waals surface area (Å²) in [6.07, 6.45) is 1.76. The highest BCUT2D eigenvalue weighted by atomic mass is 16.5. The zero-order valence-electron chi connectivity index (χ0n) is 14.7. The van der Waals surface area contributed by atoms with Crippen molar-refractivity contribution in [3.05, 3.63) is 17.0 Å². The molecule has 0 atom stereocenters. The molecule has 0 unspecified atom stereocenters. The largest absolute Gasteiger partial charge is 0.379 e. The van der Waals surface area contributed by atoms with E-state index in [1.165, 1.54) is 0 Å². The first kappa shape index (κ1) is 17.4. The Morgan fingerprint density at radius 3 is 2.79 bits per heavy atom. The Balaban J connectivity index is 1.54. The van der Waals surface area contributed by atoms with Crippen molar-refractivity contribution >= 4 is 5.91 Å². The van der Waals surface area contributed by atoms with E-state index >= 15 is 0 Å². The van der Waals surface area contributed by atoms with Gasteiger partial charge in [0.1, 0.15) is 0 Å². The van der Waals surface area contributed by atoms with Crippen LogP contribution in [0, 0.1) is 0 Å². The van der Waals surface area contributed by atoms with Gasteiger partial charge in [-0.3, -0.25) is 14.4 Å². The number of hydrogen-bond acceptors (Lipinski definition) is 5. The summed E-state index contributed by atoms with van der Waals surface area (Å²) in [6.45, 7) is 10.6. The maximum Gasteiger partial charge on any atom is 0.272 e. The molecule has 1 aromatic rings. The van der Waals surface area contributed by atoms with E-state index < -0.39 is 0 Å². The molecule has 7 heteroatoms. The number of nitrogens with one attached hydrogen (secondary N) is 1. The number of fused-ring (bicyclic) bond motifs is 1. The summed E-state index contributed by atoms with van der Waals surface area (Å²) in [6, 6.07) is 0.250. The van der Waals surface area contributed by atoms with Crippen LogP contribution in [0.4, 0.5) is 0 Å². The molecule has 0 saturated carbocycles. The molecule has 24 heavy (non-hydrogen) atoms. The highest BCUT2D eigenvalue weighted by Gasteiger charge is 2.26. The van der Waals surface area contributed by atoms with Crippen molar-refractivity contribution in [2.24, 2.45) is 0 Å². The maximum atomic E-state index is 12.5. The monoisotopic (exact) mass is 336 g/mol. The lowest BCUT2D eigenvalue weighted by Gasteiger charge is -2.26. The maximum absolute atomic E-state index is 12.5. The van der Waals surface area contributed by atoms with Gasteiger partial charge in [0.2, 0.25) is 0 Å². The Morgan fingerprint density at radius 2 is 2.04 bits per heavy atom. The summed E-state index contributed by atoms with van der Waals surface area (Å²) in [4.78, 5) is 14.9. The molecule has 1 aromatic heterocycles. The molecule has 0 aromatic carbocycles. The SMILES string of the molecule is CC(C)n1nc(C(=O)NCCCN2CCOCC2)c2c1CCOC2. The van der Waals surface area contributed by atoms with E-state index in [0.29, 0.717) is 25.5 Å². The Hall–Kier alpha value is -1.44. The van der Waals surface area contributed by atoms with Gasteiger partial charge < -0.3 is 14.8 Å². The van der Waals surface area contributed by atoms with Gasteiger partial charge in [-0.25, -0.2) is 0 Å². The second kappa shape index (κ2) is 8.09. The second-order valence-corrected chi connectivity index (χ2v) is 6.68. The highest BCUT2D eigenvalue weighted by molar-refractivity contribution is 5.94. The van der Waals surface area contributed by atoms with Crippen molar-refractivity contribution in [2.75, 3.05) is 46.0 Å². The minimum absolute atomic E-state index is 0.0851. The molecule has 1 fully saturated rings. The number of nitrogens with zero attached hydrogens (tertiary/aromatic N) is 3. The van der Waals surface area contributed by atoms with Crippen molar-refractivity contribution in [1.29, 1.82) is 0 Å². The van der Waals surface area contributed by atoms with Crippen LogP contribution in [-0.4, -0.2) is 66.6 Å². The van der Waals surface area contributed by atoms with Gasteiger partial charge in [-0.2, -0.15) is 5.10 Å². The van der Waals surface area contributed by atoms with Crippen LogP contribution in [0.25, 0.3) is 0 Å². The molecular weight excluding hydrogens is 308 g/mol. The van der Waals surface area contributed by atoms with E-state index in [9.17, 15) is 4.79 Å². The zero-order chi connectivity index (χ0) is 16.9. The van der Waals surface area contributed by atoms with Crippen molar-refractivity contribution < 1.29 is 14.3 Å². The Morgan fingerprint density at radius 1 is 1.25 bits per heavy atom. The van der Waals surface area contributed by atoms with Crippen LogP contribution >= 0.6 is 0 Å². The van der Waals surface area contributed by atoms with E-state index in [0.717, 1.165) is 56.9 Å². The van der Waals surface area contributed by atoms with E-state index in [-0.39, 0.29) is 11.9 Å². The Labute approximate surface area is 143 Å². The fraction of sp³-hybridized carbons (Fsp3) is 0.765. The van der Waals surface area contributed by atoms with Crippen molar-refractivity contribution in [1.82, 2.24) is 20.0 Å². The molecule has 7 nitrogen and oxygen atoms in total. The molecular formula is C17H28N4O3. The fourth-order valence-electron chi connectivity index (χ4n) is 3.29. The predicted octanol–water partition coefficient (Wildman–Crippen LogP) is 0.989. The van der Waals surface area contributed by atoms with E-state index in [4.69, 9.17) is 9.47 Å². The van der Waals surface area contributed by atoms with Gasteiger partial charge in [0.15, 0.2) is 5.69 Å². The predicted molar refractivity (Wildman–Crippen MR) is 90.2 cm³/mol. The van der Waals surface area contributed by atoms with E-state index in [2.05, 4.69) is 29.2 Å². The summed E-state index contributed by atoms with van der Waals surface area (Å²) in [5.74, 6) is -0.0851. The normalized spacial score (nSPS) is 18.6. The van der Waals surface area contributed by atoms with Gasteiger partial charge in [0.25, 0.3) is 5.91 Å². The molecule has 1 N–H and O–H groups in total. The molecule has 0 spiro atoms. The third-order valence-electron chi connectivity index (χ3n) is 4.59. The van der Waals surface area contributed by atoms with Gasteiger partial charge in [0, 0.05) is 43.4 Å². The van der Waals surface area contributed by atoms with Gasteiger partial charge in [-0.15, -0.1) is 0 Å². The summed E-state index contributed by atoms with van der Waals surface area (Å²) >= 11 is 0.